The molecule has 0 heterocycles. The zero-order valence-corrected chi connectivity index (χ0v) is 20.1. The molecule has 0 aliphatic heterocycles. The van der Waals surface area contributed by atoms with Crippen LogP contribution in [0.5, 0.6) is 0 Å². The maximum atomic E-state index is 13.3. The van der Waals surface area contributed by atoms with Crippen molar-refractivity contribution in [3.05, 3.63) is 94.3 Å². The molecular formula is C27H22ClFN2O4. The molecule has 3 rings (SSSR count). The fourth-order valence-electron chi connectivity index (χ4n) is 3.13. The second kappa shape index (κ2) is 12.4. The number of rotatable bonds is 7. The quantitative estimate of drug-likeness (QED) is 0.186. The lowest BCUT2D eigenvalue weighted by Gasteiger charge is -2.09. The summed E-state index contributed by atoms with van der Waals surface area (Å²) < 4.78 is 18.1. The SMILES string of the molecule is CO/N=C(/C(=O)OC)c1ccccc1CO/N=C(\C)C#Cc1ccc(Cl)cc1-c1ccc(F)cc1. The average molecular weight is 493 g/mol. The molecule has 0 atom stereocenters. The molecule has 0 saturated carbocycles. The van der Waals surface area contributed by atoms with Crippen molar-refractivity contribution >= 4 is 29.0 Å². The number of esters is 1. The number of benzene rings is 3. The third-order valence-corrected chi connectivity index (χ3v) is 5.01. The molecule has 0 aliphatic carbocycles. The number of hydrogen-bond acceptors (Lipinski definition) is 6. The number of methoxy groups -OCH3 is 1. The molecule has 0 aliphatic rings. The van der Waals surface area contributed by atoms with Crippen LogP contribution in [0.3, 0.4) is 0 Å². The molecule has 0 spiro atoms. The van der Waals surface area contributed by atoms with Gasteiger partial charge in [0.25, 0.3) is 0 Å². The molecule has 35 heavy (non-hydrogen) atoms. The first-order valence-corrected chi connectivity index (χ1v) is 10.8. The molecule has 0 radical (unpaired) electrons. The molecule has 3 aromatic carbocycles. The Morgan fingerprint density at radius 2 is 1.77 bits per heavy atom. The van der Waals surface area contributed by atoms with Crippen LogP contribution in [-0.4, -0.2) is 31.6 Å². The van der Waals surface area contributed by atoms with Crippen molar-refractivity contribution in [3.8, 4) is 23.0 Å². The van der Waals surface area contributed by atoms with E-state index in [0.717, 1.165) is 11.1 Å². The van der Waals surface area contributed by atoms with Crippen LogP contribution >= 0.6 is 11.6 Å². The van der Waals surface area contributed by atoms with Crippen molar-refractivity contribution in [2.24, 2.45) is 10.3 Å². The Morgan fingerprint density at radius 3 is 2.49 bits per heavy atom. The predicted molar refractivity (Wildman–Crippen MR) is 134 cm³/mol. The lowest BCUT2D eigenvalue weighted by Crippen LogP contribution is -2.19. The van der Waals surface area contributed by atoms with Crippen molar-refractivity contribution in [1.29, 1.82) is 0 Å². The van der Waals surface area contributed by atoms with Gasteiger partial charge in [0.1, 0.15) is 25.2 Å². The zero-order valence-electron chi connectivity index (χ0n) is 19.3. The highest BCUT2D eigenvalue weighted by Gasteiger charge is 2.19. The van der Waals surface area contributed by atoms with E-state index in [1.807, 2.05) is 0 Å². The number of oxime groups is 2. The van der Waals surface area contributed by atoms with Gasteiger partial charge in [-0.1, -0.05) is 64.2 Å². The summed E-state index contributed by atoms with van der Waals surface area (Å²) in [4.78, 5) is 22.3. The fourth-order valence-corrected chi connectivity index (χ4v) is 3.31. The Labute approximate surface area is 207 Å². The fraction of sp³-hybridized carbons (Fsp3) is 0.148. The summed E-state index contributed by atoms with van der Waals surface area (Å²) >= 11 is 6.16. The van der Waals surface area contributed by atoms with Gasteiger partial charge in [-0.05, 0) is 54.3 Å². The highest BCUT2D eigenvalue weighted by Crippen LogP contribution is 2.27. The second-order valence-electron chi connectivity index (χ2n) is 7.17. The van der Waals surface area contributed by atoms with Gasteiger partial charge in [0.15, 0.2) is 5.71 Å². The van der Waals surface area contributed by atoms with Crippen molar-refractivity contribution in [3.63, 3.8) is 0 Å². The minimum Gasteiger partial charge on any atom is -0.464 e. The van der Waals surface area contributed by atoms with Gasteiger partial charge in [-0.2, -0.15) is 0 Å². The van der Waals surface area contributed by atoms with E-state index in [1.165, 1.54) is 26.4 Å². The van der Waals surface area contributed by atoms with E-state index in [9.17, 15) is 9.18 Å². The lowest BCUT2D eigenvalue weighted by molar-refractivity contribution is -0.132. The normalized spacial score (nSPS) is 11.3. The maximum absolute atomic E-state index is 13.3. The molecule has 3 aromatic rings. The summed E-state index contributed by atoms with van der Waals surface area (Å²) in [6.07, 6.45) is 0. The standard InChI is InChI=1S/C27H22ClFN2O4/c1-18(8-9-19-10-13-22(28)16-25(19)20-11-14-23(29)15-12-20)30-35-17-21-6-4-5-7-24(21)26(31-34-3)27(32)33-2/h4-7,10-16H,17H2,1-3H3/b30-18+,31-26+. The van der Waals surface area contributed by atoms with Crippen molar-refractivity contribution in [2.45, 2.75) is 13.5 Å². The third kappa shape index (κ3) is 6.92. The van der Waals surface area contributed by atoms with Crippen molar-refractivity contribution in [2.75, 3.05) is 14.2 Å². The number of carbonyl (C=O) groups is 1. The molecule has 0 amide bonds. The van der Waals surface area contributed by atoms with Gasteiger partial charge in [0.05, 0.1) is 7.11 Å². The van der Waals surface area contributed by atoms with Crippen LogP contribution in [0, 0.1) is 17.7 Å². The van der Waals surface area contributed by atoms with Gasteiger partial charge in [-0.25, -0.2) is 9.18 Å². The Morgan fingerprint density at radius 1 is 1.03 bits per heavy atom. The highest BCUT2D eigenvalue weighted by molar-refractivity contribution is 6.43. The summed E-state index contributed by atoms with van der Waals surface area (Å²) in [5, 5.41) is 8.38. The van der Waals surface area contributed by atoms with Gasteiger partial charge in [-0.15, -0.1) is 0 Å². The van der Waals surface area contributed by atoms with Crippen molar-refractivity contribution in [1.82, 2.24) is 0 Å². The Balaban J connectivity index is 1.79. The van der Waals surface area contributed by atoms with Crippen LogP contribution in [-0.2, 0) is 25.8 Å². The highest BCUT2D eigenvalue weighted by atomic mass is 35.5. The average Bonchev–Trinajstić information content (AvgIpc) is 2.87. The van der Waals surface area contributed by atoms with Gasteiger partial charge in [0.2, 0.25) is 0 Å². The van der Waals surface area contributed by atoms with E-state index in [4.69, 9.17) is 26.0 Å². The molecular weight excluding hydrogens is 471 g/mol. The first-order valence-electron chi connectivity index (χ1n) is 10.4. The van der Waals surface area contributed by atoms with Crippen LogP contribution in [0.15, 0.2) is 77.0 Å². The summed E-state index contributed by atoms with van der Waals surface area (Å²) in [5.74, 6) is 5.06. The smallest absolute Gasteiger partial charge is 0.360 e. The molecule has 0 aromatic heterocycles. The number of nitrogens with zero attached hydrogens (tertiary/aromatic N) is 2. The van der Waals surface area contributed by atoms with Crippen molar-refractivity contribution < 1.29 is 23.6 Å². The van der Waals surface area contributed by atoms with Crippen LogP contribution in [0.1, 0.15) is 23.6 Å². The van der Waals surface area contributed by atoms with E-state index in [0.29, 0.717) is 27.4 Å². The number of carbonyl (C=O) groups excluding carboxylic acids is 1. The monoisotopic (exact) mass is 492 g/mol. The first-order chi connectivity index (χ1) is 16.9. The van der Waals surface area contributed by atoms with E-state index in [-0.39, 0.29) is 18.1 Å². The lowest BCUT2D eigenvalue weighted by atomic mass is 10.00. The summed E-state index contributed by atoms with van der Waals surface area (Å²) in [5.41, 5.74) is 3.89. The van der Waals surface area contributed by atoms with E-state index < -0.39 is 5.97 Å². The molecule has 0 bridgehead atoms. The summed E-state index contributed by atoms with van der Waals surface area (Å²) in [6, 6.07) is 18.5. The molecule has 178 valence electrons. The predicted octanol–water partition coefficient (Wildman–Crippen LogP) is 5.61. The Bertz CT molecular complexity index is 1320. The van der Waals surface area contributed by atoms with Gasteiger partial charge >= 0.3 is 5.97 Å². The maximum Gasteiger partial charge on any atom is 0.360 e. The largest absolute Gasteiger partial charge is 0.464 e. The van der Waals surface area contributed by atoms with Crippen LogP contribution in [0.4, 0.5) is 4.39 Å². The minimum atomic E-state index is -0.634. The van der Waals surface area contributed by atoms with Crippen LogP contribution < -0.4 is 0 Å². The number of hydrogen-bond donors (Lipinski definition) is 0. The first kappa shape index (κ1) is 25.5. The van der Waals surface area contributed by atoms with Gasteiger partial charge in [-0.3, -0.25) is 0 Å². The topological polar surface area (TPSA) is 69.5 Å². The number of halogens is 2. The number of ether oxygens (including phenoxy) is 1. The van der Waals surface area contributed by atoms with Crippen LogP contribution in [0.2, 0.25) is 5.02 Å². The molecule has 0 fully saturated rings. The van der Waals surface area contributed by atoms with Crippen LogP contribution in [0.25, 0.3) is 11.1 Å². The van der Waals surface area contributed by atoms with E-state index in [1.54, 1.807) is 61.5 Å². The molecule has 0 unspecified atom stereocenters. The Hall–Kier alpha value is -4.15. The van der Waals surface area contributed by atoms with E-state index >= 15 is 0 Å². The van der Waals surface area contributed by atoms with Gasteiger partial charge < -0.3 is 14.4 Å². The molecule has 0 saturated heterocycles. The minimum absolute atomic E-state index is 0.0192. The molecule has 8 heteroatoms. The molecule has 0 N–H and O–H groups in total. The van der Waals surface area contributed by atoms with Gasteiger partial charge in [0, 0.05) is 21.7 Å². The Kier molecular flexibility index (Phi) is 8.99. The molecule has 6 nitrogen and oxygen atoms in total. The summed E-state index contributed by atoms with van der Waals surface area (Å²) in [6.45, 7) is 1.77. The second-order valence-corrected chi connectivity index (χ2v) is 7.60. The zero-order chi connectivity index (χ0) is 25.2. The summed E-state index contributed by atoms with van der Waals surface area (Å²) in [7, 11) is 2.61. The van der Waals surface area contributed by atoms with E-state index in [2.05, 4.69) is 22.2 Å². The third-order valence-electron chi connectivity index (χ3n) is 4.77.